The van der Waals surface area contributed by atoms with Gasteiger partial charge in [0, 0.05) is 5.54 Å². The predicted molar refractivity (Wildman–Crippen MR) is 38.0 cm³/mol. The van der Waals surface area contributed by atoms with Gasteiger partial charge in [-0.25, -0.2) is 0 Å². The van der Waals surface area contributed by atoms with Gasteiger partial charge in [-0.15, -0.1) is 0 Å². The molecule has 52 valence electrons. The highest BCUT2D eigenvalue weighted by molar-refractivity contribution is 5.01. The molecular formula is C8H15N. The molecule has 0 saturated heterocycles. The Morgan fingerprint density at radius 1 is 1.44 bits per heavy atom. The molecule has 0 amide bonds. The van der Waals surface area contributed by atoms with E-state index in [1.54, 1.807) is 0 Å². The standard InChI is InChI=1S/C8H15N/c1-8(9)5-6-2-3-7(8)4-6/h6-7H,2-5,9H2,1H3/t6-,7-,8+/m1/s1. The Bertz CT molecular complexity index is 129. The molecule has 3 atom stereocenters. The summed E-state index contributed by atoms with van der Waals surface area (Å²) in [5, 5.41) is 0. The number of nitrogens with two attached hydrogens (primary N) is 1. The van der Waals surface area contributed by atoms with Crippen LogP contribution in [0.15, 0.2) is 0 Å². The second-order valence-electron chi connectivity index (χ2n) is 4.09. The van der Waals surface area contributed by atoms with Gasteiger partial charge in [-0.2, -0.15) is 0 Å². The van der Waals surface area contributed by atoms with Crippen molar-refractivity contribution in [2.24, 2.45) is 17.6 Å². The topological polar surface area (TPSA) is 26.0 Å². The molecule has 0 aromatic heterocycles. The third-order valence-corrected chi connectivity index (χ3v) is 3.20. The largest absolute Gasteiger partial charge is 0.325 e. The lowest BCUT2D eigenvalue weighted by atomic mass is 9.84. The Labute approximate surface area is 56.6 Å². The third-order valence-electron chi connectivity index (χ3n) is 3.20. The van der Waals surface area contributed by atoms with E-state index in [-0.39, 0.29) is 5.54 Å². The van der Waals surface area contributed by atoms with Crippen molar-refractivity contribution in [3.63, 3.8) is 0 Å². The van der Waals surface area contributed by atoms with Gasteiger partial charge in [0.15, 0.2) is 0 Å². The van der Waals surface area contributed by atoms with Crippen molar-refractivity contribution in [3.05, 3.63) is 0 Å². The van der Waals surface area contributed by atoms with E-state index in [2.05, 4.69) is 6.92 Å². The minimum Gasteiger partial charge on any atom is -0.325 e. The maximum absolute atomic E-state index is 6.06. The Kier molecular flexibility index (Phi) is 0.963. The summed E-state index contributed by atoms with van der Waals surface area (Å²) in [5.74, 6) is 1.85. The monoisotopic (exact) mass is 125 g/mol. The highest BCUT2D eigenvalue weighted by Gasteiger charge is 2.45. The highest BCUT2D eigenvalue weighted by atomic mass is 14.8. The molecule has 1 nitrogen and oxygen atoms in total. The second kappa shape index (κ2) is 1.51. The summed E-state index contributed by atoms with van der Waals surface area (Å²) in [6.45, 7) is 2.22. The molecule has 9 heavy (non-hydrogen) atoms. The van der Waals surface area contributed by atoms with Crippen LogP contribution in [0.4, 0.5) is 0 Å². The molecule has 2 N–H and O–H groups in total. The molecule has 0 heterocycles. The van der Waals surface area contributed by atoms with Gasteiger partial charge >= 0.3 is 0 Å². The molecule has 0 aliphatic heterocycles. The molecule has 0 unspecified atom stereocenters. The lowest BCUT2D eigenvalue weighted by Crippen LogP contribution is -2.41. The van der Waals surface area contributed by atoms with E-state index in [4.69, 9.17) is 5.73 Å². The number of hydrogen-bond acceptors (Lipinski definition) is 1. The van der Waals surface area contributed by atoms with Crippen molar-refractivity contribution in [3.8, 4) is 0 Å². The number of fused-ring (bicyclic) bond motifs is 2. The molecule has 2 rings (SSSR count). The summed E-state index contributed by atoms with van der Waals surface area (Å²) in [4.78, 5) is 0. The van der Waals surface area contributed by atoms with Gasteiger partial charge in [0.25, 0.3) is 0 Å². The van der Waals surface area contributed by atoms with Crippen LogP contribution in [0.1, 0.15) is 32.6 Å². The van der Waals surface area contributed by atoms with E-state index in [1.807, 2.05) is 0 Å². The minimum atomic E-state index is 0.211. The number of rotatable bonds is 0. The van der Waals surface area contributed by atoms with Gasteiger partial charge in [-0.3, -0.25) is 0 Å². The molecule has 0 spiro atoms. The van der Waals surface area contributed by atoms with E-state index in [9.17, 15) is 0 Å². The maximum atomic E-state index is 6.06. The fourth-order valence-corrected chi connectivity index (χ4v) is 2.65. The van der Waals surface area contributed by atoms with Crippen molar-refractivity contribution in [2.75, 3.05) is 0 Å². The van der Waals surface area contributed by atoms with Gasteiger partial charge < -0.3 is 5.73 Å². The summed E-state index contributed by atoms with van der Waals surface area (Å²) < 4.78 is 0. The minimum absolute atomic E-state index is 0.211. The first-order chi connectivity index (χ1) is 4.18. The Morgan fingerprint density at radius 2 is 2.22 bits per heavy atom. The maximum Gasteiger partial charge on any atom is 0.0157 e. The van der Waals surface area contributed by atoms with Crippen LogP contribution in [0.3, 0.4) is 0 Å². The summed E-state index contributed by atoms with van der Waals surface area (Å²) >= 11 is 0. The molecule has 0 aromatic carbocycles. The quantitative estimate of drug-likeness (QED) is 0.522. The smallest absolute Gasteiger partial charge is 0.0157 e. The lowest BCUT2D eigenvalue weighted by Gasteiger charge is -2.29. The number of hydrogen-bond donors (Lipinski definition) is 1. The first kappa shape index (κ1) is 5.72. The van der Waals surface area contributed by atoms with Crippen molar-refractivity contribution in [2.45, 2.75) is 38.1 Å². The van der Waals surface area contributed by atoms with E-state index < -0.39 is 0 Å². The van der Waals surface area contributed by atoms with Crippen molar-refractivity contribution in [1.82, 2.24) is 0 Å². The van der Waals surface area contributed by atoms with Crippen LogP contribution in [0.5, 0.6) is 0 Å². The lowest BCUT2D eigenvalue weighted by molar-refractivity contribution is 0.297. The summed E-state index contributed by atoms with van der Waals surface area (Å²) in [6.07, 6.45) is 5.57. The third kappa shape index (κ3) is 0.710. The van der Waals surface area contributed by atoms with Crippen LogP contribution in [-0.4, -0.2) is 5.54 Å². The zero-order chi connectivity index (χ0) is 6.48. The fourth-order valence-electron chi connectivity index (χ4n) is 2.65. The highest BCUT2D eigenvalue weighted by Crippen LogP contribution is 2.49. The molecule has 2 bridgehead atoms. The predicted octanol–water partition coefficient (Wildman–Crippen LogP) is 1.52. The molecule has 2 fully saturated rings. The van der Waals surface area contributed by atoms with E-state index in [0.29, 0.717) is 0 Å². The average molecular weight is 125 g/mol. The molecule has 0 aromatic rings. The molecule has 0 radical (unpaired) electrons. The summed E-state index contributed by atoms with van der Waals surface area (Å²) in [5.41, 5.74) is 6.27. The first-order valence-corrected chi connectivity index (χ1v) is 3.97. The molecule has 2 aliphatic carbocycles. The van der Waals surface area contributed by atoms with Gasteiger partial charge in [-0.05, 0) is 38.0 Å². The first-order valence-electron chi connectivity index (χ1n) is 3.97. The van der Waals surface area contributed by atoms with Crippen LogP contribution in [0, 0.1) is 11.8 Å². The summed E-state index contributed by atoms with van der Waals surface area (Å²) in [6, 6.07) is 0. The Morgan fingerprint density at radius 3 is 2.44 bits per heavy atom. The zero-order valence-electron chi connectivity index (χ0n) is 6.06. The SMILES string of the molecule is C[C@]1(N)C[C@@H]2CC[C@@H]1C2. The summed E-state index contributed by atoms with van der Waals surface area (Å²) in [7, 11) is 0. The van der Waals surface area contributed by atoms with Crippen LogP contribution in [-0.2, 0) is 0 Å². The van der Waals surface area contributed by atoms with Crippen LogP contribution < -0.4 is 5.73 Å². The normalized spacial score (nSPS) is 56.7. The van der Waals surface area contributed by atoms with Gasteiger partial charge in [0.2, 0.25) is 0 Å². The van der Waals surface area contributed by atoms with E-state index >= 15 is 0 Å². The molecule has 2 saturated carbocycles. The van der Waals surface area contributed by atoms with Gasteiger partial charge in [0.1, 0.15) is 0 Å². The Hall–Kier alpha value is -0.0400. The van der Waals surface area contributed by atoms with Gasteiger partial charge in [-0.1, -0.05) is 6.42 Å². The molecule has 2 aliphatic rings. The molecular weight excluding hydrogens is 110 g/mol. The van der Waals surface area contributed by atoms with Crippen molar-refractivity contribution >= 4 is 0 Å². The Balaban J connectivity index is 2.18. The zero-order valence-corrected chi connectivity index (χ0v) is 6.06. The van der Waals surface area contributed by atoms with Crippen LogP contribution >= 0.6 is 0 Å². The van der Waals surface area contributed by atoms with Crippen LogP contribution in [0.2, 0.25) is 0 Å². The van der Waals surface area contributed by atoms with Crippen molar-refractivity contribution < 1.29 is 0 Å². The van der Waals surface area contributed by atoms with E-state index in [1.165, 1.54) is 25.7 Å². The molecule has 1 heteroatoms. The van der Waals surface area contributed by atoms with Crippen LogP contribution in [0.25, 0.3) is 0 Å². The second-order valence-corrected chi connectivity index (χ2v) is 4.09. The fraction of sp³-hybridized carbons (Fsp3) is 1.00. The van der Waals surface area contributed by atoms with E-state index in [0.717, 1.165) is 11.8 Å². The van der Waals surface area contributed by atoms with Crippen molar-refractivity contribution in [1.29, 1.82) is 0 Å². The van der Waals surface area contributed by atoms with Gasteiger partial charge in [0.05, 0.1) is 0 Å². The average Bonchev–Trinajstić information content (AvgIpc) is 2.19.